The molecule has 1 amide bonds. The standard InChI is InChI=1S/C14H26N2O3/c1-5-12-9-15(4)7-6-8-16(12)13(17)10(2)11(3)14(18)19/h10-12H,5-9H2,1-4H3,(H,18,19). The van der Waals surface area contributed by atoms with E-state index < -0.39 is 17.8 Å². The molecule has 19 heavy (non-hydrogen) atoms. The van der Waals surface area contributed by atoms with Gasteiger partial charge in [0.05, 0.1) is 5.92 Å². The number of hydrogen-bond acceptors (Lipinski definition) is 3. The van der Waals surface area contributed by atoms with E-state index in [0.29, 0.717) is 0 Å². The molecular weight excluding hydrogens is 244 g/mol. The second kappa shape index (κ2) is 6.89. The zero-order valence-electron chi connectivity index (χ0n) is 12.4. The number of carbonyl (C=O) groups is 2. The molecule has 0 radical (unpaired) electrons. The molecule has 5 heteroatoms. The van der Waals surface area contributed by atoms with Gasteiger partial charge in [0.1, 0.15) is 0 Å². The number of carboxylic acid groups (broad SMARTS) is 1. The van der Waals surface area contributed by atoms with Crippen molar-refractivity contribution in [2.45, 2.75) is 39.7 Å². The van der Waals surface area contributed by atoms with E-state index in [2.05, 4.69) is 18.9 Å². The molecular formula is C14H26N2O3. The minimum absolute atomic E-state index is 0.0166. The SMILES string of the molecule is CCC1CN(C)CCCN1C(=O)C(C)C(C)C(=O)O. The predicted molar refractivity (Wildman–Crippen MR) is 73.9 cm³/mol. The monoisotopic (exact) mass is 270 g/mol. The summed E-state index contributed by atoms with van der Waals surface area (Å²) in [5.41, 5.74) is 0. The van der Waals surface area contributed by atoms with Crippen molar-refractivity contribution in [2.75, 3.05) is 26.7 Å². The third-order valence-electron chi connectivity index (χ3n) is 4.19. The van der Waals surface area contributed by atoms with Crippen LogP contribution in [0.4, 0.5) is 0 Å². The summed E-state index contributed by atoms with van der Waals surface area (Å²) in [4.78, 5) is 27.7. The van der Waals surface area contributed by atoms with Gasteiger partial charge in [0.2, 0.25) is 5.91 Å². The molecule has 110 valence electrons. The Labute approximate surface area is 115 Å². The minimum atomic E-state index is -0.902. The van der Waals surface area contributed by atoms with Crippen molar-refractivity contribution in [2.24, 2.45) is 11.8 Å². The summed E-state index contributed by atoms with van der Waals surface area (Å²) in [6, 6.07) is 0.198. The lowest BCUT2D eigenvalue weighted by Crippen LogP contribution is -2.47. The number of likely N-dealkylation sites (N-methyl/N-ethyl adjacent to an activating group) is 1. The number of carboxylic acids is 1. The quantitative estimate of drug-likeness (QED) is 0.836. The molecule has 0 saturated carbocycles. The van der Waals surface area contributed by atoms with Gasteiger partial charge in [0, 0.05) is 25.0 Å². The summed E-state index contributed by atoms with van der Waals surface area (Å²) in [5.74, 6) is -2.01. The summed E-state index contributed by atoms with van der Waals surface area (Å²) < 4.78 is 0. The largest absolute Gasteiger partial charge is 0.481 e. The summed E-state index contributed by atoms with van der Waals surface area (Å²) in [6.07, 6.45) is 1.86. The van der Waals surface area contributed by atoms with E-state index in [4.69, 9.17) is 5.11 Å². The Morgan fingerprint density at radius 3 is 2.42 bits per heavy atom. The zero-order chi connectivity index (χ0) is 14.6. The first-order valence-corrected chi connectivity index (χ1v) is 7.10. The number of amides is 1. The fraction of sp³-hybridized carbons (Fsp3) is 0.857. The molecule has 0 aromatic heterocycles. The van der Waals surface area contributed by atoms with Crippen LogP contribution in [-0.4, -0.2) is 59.5 Å². The van der Waals surface area contributed by atoms with Gasteiger partial charge in [-0.15, -0.1) is 0 Å². The summed E-state index contributed by atoms with van der Waals surface area (Å²) in [7, 11) is 2.07. The second-order valence-electron chi connectivity index (χ2n) is 5.63. The summed E-state index contributed by atoms with van der Waals surface area (Å²) in [6.45, 7) is 8.01. The van der Waals surface area contributed by atoms with Gasteiger partial charge in [0.25, 0.3) is 0 Å². The van der Waals surface area contributed by atoms with E-state index in [0.717, 1.165) is 32.5 Å². The first-order chi connectivity index (χ1) is 8.88. The lowest BCUT2D eigenvalue weighted by molar-refractivity contribution is -0.150. The summed E-state index contributed by atoms with van der Waals surface area (Å²) in [5, 5.41) is 9.04. The Morgan fingerprint density at radius 1 is 1.26 bits per heavy atom. The van der Waals surface area contributed by atoms with Gasteiger partial charge in [-0.05, 0) is 26.4 Å². The van der Waals surface area contributed by atoms with Crippen molar-refractivity contribution in [1.82, 2.24) is 9.80 Å². The first kappa shape index (κ1) is 16.0. The van der Waals surface area contributed by atoms with Crippen LogP contribution in [0.5, 0.6) is 0 Å². The van der Waals surface area contributed by atoms with E-state index in [-0.39, 0.29) is 11.9 Å². The van der Waals surface area contributed by atoms with E-state index in [1.807, 2.05) is 4.90 Å². The van der Waals surface area contributed by atoms with Crippen LogP contribution in [0.25, 0.3) is 0 Å². The number of aliphatic carboxylic acids is 1. The normalized spacial score (nSPS) is 24.6. The van der Waals surface area contributed by atoms with Crippen molar-refractivity contribution in [3.8, 4) is 0 Å². The first-order valence-electron chi connectivity index (χ1n) is 7.10. The van der Waals surface area contributed by atoms with Gasteiger partial charge in [-0.3, -0.25) is 9.59 Å². The molecule has 1 N–H and O–H groups in total. The molecule has 1 saturated heterocycles. The Balaban J connectivity index is 2.80. The third-order valence-corrected chi connectivity index (χ3v) is 4.19. The molecule has 1 aliphatic heterocycles. The van der Waals surface area contributed by atoms with Crippen LogP contribution in [0.1, 0.15) is 33.6 Å². The maximum atomic E-state index is 12.5. The molecule has 0 aliphatic carbocycles. The van der Waals surface area contributed by atoms with Gasteiger partial charge < -0.3 is 14.9 Å². The highest BCUT2D eigenvalue weighted by Gasteiger charge is 2.33. The van der Waals surface area contributed by atoms with Crippen LogP contribution in [-0.2, 0) is 9.59 Å². The van der Waals surface area contributed by atoms with E-state index in [1.54, 1.807) is 13.8 Å². The molecule has 0 bridgehead atoms. The fourth-order valence-corrected chi connectivity index (χ4v) is 2.57. The number of nitrogens with zero attached hydrogens (tertiary/aromatic N) is 2. The van der Waals surface area contributed by atoms with E-state index in [9.17, 15) is 9.59 Å². The van der Waals surface area contributed by atoms with Crippen LogP contribution in [0.3, 0.4) is 0 Å². The number of carbonyl (C=O) groups excluding carboxylic acids is 1. The smallest absolute Gasteiger partial charge is 0.307 e. The average Bonchev–Trinajstić information content (AvgIpc) is 2.57. The van der Waals surface area contributed by atoms with Crippen LogP contribution < -0.4 is 0 Å². The van der Waals surface area contributed by atoms with Gasteiger partial charge in [-0.1, -0.05) is 20.8 Å². The highest BCUT2D eigenvalue weighted by molar-refractivity contribution is 5.84. The molecule has 1 aliphatic rings. The van der Waals surface area contributed by atoms with Gasteiger partial charge in [-0.25, -0.2) is 0 Å². The van der Waals surface area contributed by atoms with Crippen LogP contribution in [0, 0.1) is 11.8 Å². The van der Waals surface area contributed by atoms with Crippen LogP contribution >= 0.6 is 0 Å². The van der Waals surface area contributed by atoms with Crippen molar-refractivity contribution in [3.63, 3.8) is 0 Å². The van der Waals surface area contributed by atoms with Crippen molar-refractivity contribution in [3.05, 3.63) is 0 Å². The average molecular weight is 270 g/mol. The van der Waals surface area contributed by atoms with Crippen LogP contribution in [0.15, 0.2) is 0 Å². The van der Waals surface area contributed by atoms with Gasteiger partial charge in [-0.2, -0.15) is 0 Å². The van der Waals surface area contributed by atoms with Crippen molar-refractivity contribution in [1.29, 1.82) is 0 Å². The molecule has 0 aromatic rings. The highest BCUT2D eigenvalue weighted by Crippen LogP contribution is 2.20. The molecule has 1 fully saturated rings. The summed E-state index contributed by atoms with van der Waals surface area (Å²) >= 11 is 0. The maximum absolute atomic E-state index is 12.5. The molecule has 1 rings (SSSR count). The van der Waals surface area contributed by atoms with Crippen molar-refractivity contribution < 1.29 is 14.7 Å². The lowest BCUT2D eigenvalue weighted by Gasteiger charge is -2.33. The Kier molecular flexibility index (Phi) is 5.79. The molecule has 0 spiro atoms. The van der Waals surface area contributed by atoms with Crippen LogP contribution in [0.2, 0.25) is 0 Å². The molecule has 0 aromatic carbocycles. The lowest BCUT2D eigenvalue weighted by atomic mass is 9.94. The third kappa shape index (κ3) is 3.93. The molecule has 5 nitrogen and oxygen atoms in total. The fourth-order valence-electron chi connectivity index (χ4n) is 2.57. The predicted octanol–water partition coefficient (Wildman–Crippen LogP) is 1.29. The highest BCUT2D eigenvalue weighted by atomic mass is 16.4. The van der Waals surface area contributed by atoms with Gasteiger partial charge in [0.15, 0.2) is 0 Å². The van der Waals surface area contributed by atoms with E-state index in [1.165, 1.54) is 0 Å². The topological polar surface area (TPSA) is 60.9 Å². The number of rotatable bonds is 4. The van der Waals surface area contributed by atoms with Crippen molar-refractivity contribution >= 4 is 11.9 Å². The molecule has 1 heterocycles. The number of hydrogen-bond donors (Lipinski definition) is 1. The second-order valence-corrected chi connectivity index (χ2v) is 5.63. The van der Waals surface area contributed by atoms with Gasteiger partial charge >= 0.3 is 5.97 Å². The Morgan fingerprint density at radius 2 is 1.89 bits per heavy atom. The van der Waals surface area contributed by atoms with E-state index >= 15 is 0 Å². The molecule has 3 atom stereocenters. The Hall–Kier alpha value is -1.10. The molecule has 3 unspecified atom stereocenters. The zero-order valence-corrected chi connectivity index (χ0v) is 12.4. The maximum Gasteiger partial charge on any atom is 0.307 e. The minimum Gasteiger partial charge on any atom is -0.481 e. The Bertz CT molecular complexity index is 333.